The minimum Gasteiger partial charge on any atom is -0.309 e. The van der Waals surface area contributed by atoms with Crippen LogP contribution < -0.4 is 0 Å². The first-order valence-corrected chi connectivity index (χ1v) is 19.7. The molecule has 0 saturated heterocycles. The Hall–Kier alpha value is -7.82. The fraction of sp³-hybridized carbons (Fsp3) is 0. The van der Waals surface area contributed by atoms with Crippen LogP contribution in [0.2, 0.25) is 0 Å². The largest absolute Gasteiger partial charge is 0.309 e. The molecule has 12 rings (SSSR count). The van der Waals surface area contributed by atoms with Crippen molar-refractivity contribution in [3.05, 3.63) is 206 Å². The molecule has 4 heteroatoms. The summed E-state index contributed by atoms with van der Waals surface area (Å²) in [7, 11) is 0. The number of aromatic nitrogens is 4. The lowest BCUT2D eigenvalue weighted by Gasteiger charge is -2.15. The summed E-state index contributed by atoms with van der Waals surface area (Å²) in [5.74, 6) is 0.692. The molecule has 0 bridgehead atoms. The van der Waals surface area contributed by atoms with Gasteiger partial charge in [0.05, 0.1) is 33.5 Å². The summed E-state index contributed by atoms with van der Waals surface area (Å²) in [5, 5.41) is 9.67. The van der Waals surface area contributed by atoms with Crippen molar-refractivity contribution >= 4 is 65.2 Å². The molecule has 0 atom stereocenters. The lowest BCUT2D eigenvalue weighted by molar-refractivity contribution is 1.16. The van der Waals surface area contributed by atoms with Gasteiger partial charge in [-0.2, -0.15) is 0 Å². The Morgan fingerprint density at radius 1 is 0.310 bits per heavy atom. The number of rotatable bonds is 5. The van der Waals surface area contributed by atoms with E-state index in [2.05, 4.69) is 203 Å². The van der Waals surface area contributed by atoms with Crippen LogP contribution in [0, 0.1) is 0 Å². The zero-order valence-electron chi connectivity index (χ0n) is 31.4. The van der Waals surface area contributed by atoms with E-state index in [9.17, 15) is 0 Å². The van der Waals surface area contributed by atoms with Gasteiger partial charge in [0.2, 0.25) is 0 Å². The molecule has 4 nitrogen and oxygen atoms in total. The van der Waals surface area contributed by atoms with E-state index in [1.165, 1.54) is 43.4 Å². The highest BCUT2D eigenvalue weighted by Gasteiger charge is 2.21. The molecule has 3 aromatic heterocycles. The van der Waals surface area contributed by atoms with Crippen LogP contribution in [0.4, 0.5) is 0 Å². The summed E-state index contributed by atoms with van der Waals surface area (Å²) in [4.78, 5) is 10.6. The van der Waals surface area contributed by atoms with Gasteiger partial charge in [-0.25, -0.2) is 9.97 Å². The lowest BCUT2D eigenvalue weighted by Crippen LogP contribution is -1.99. The highest BCUT2D eigenvalue weighted by molar-refractivity contribution is 6.25. The Morgan fingerprint density at radius 2 is 0.879 bits per heavy atom. The van der Waals surface area contributed by atoms with E-state index in [-0.39, 0.29) is 0 Å². The Bertz CT molecular complexity index is 3490. The second-order valence-electron chi connectivity index (χ2n) is 15.0. The SMILES string of the molecule is c1ccc(-c2cc(-c3ccccc3)nc(-c3cc(-n4c5ccccc5c5cc6c7c8ccccc8ccc7n(-c7ccccc7)c6cc54)cc4ccccc34)n2)cc1. The molecule has 0 saturated carbocycles. The van der Waals surface area contributed by atoms with Crippen LogP contribution in [0.3, 0.4) is 0 Å². The van der Waals surface area contributed by atoms with Gasteiger partial charge in [0.15, 0.2) is 5.82 Å². The third kappa shape index (κ3) is 5.02. The van der Waals surface area contributed by atoms with Gasteiger partial charge in [-0.05, 0) is 76.1 Å². The normalized spacial score (nSPS) is 11.8. The second kappa shape index (κ2) is 12.9. The van der Waals surface area contributed by atoms with E-state index < -0.39 is 0 Å². The molecule has 12 aromatic rings. The minimum absolute atomic E-state index is 0.692. The fourth-order valence-electron chi connectivity index (χ4n) is 9.07. The van der Waals surface area contributed by atoms with Crippen molar-refractivity contribution in [1.82, 2.24) is 19.1 Å². The zero-order chi connectivity index (χ0) is 38.2. The van der Waals surface area contributed by atoms with Crippen LogP contribution in [-0.2, 0) is 0 Å². The van der Waals surface area contributed by atoms with Crippen LogP contribution in [0.1, 0.15) is 0 Å². The first-order valence-electron chi connectivity index (χ1n) is 19.7. The average Bonchev–Trinajstić information content (AvgIpc) is 3.80. The maximum absolute atomic E-state index is 5.31. The van der Waals surface area contributed by atoms with E-state index in [1.54, 1.807) is 0 Å². The minimum atomic E-state index is 0.692. The predicted molar refractivity (Wildman–Crippen MR) is 242 cm³/mol. The molecular formula is C54H34N4. The molecule has 0 aliphatic carbocycles. The number of fused-ring (bicyclic) bond motifs is 9. The molecule has 0 fully saturated rings. The molecule has 0 aliphatic heterocycles. The average molecular weight is 739 g/mol. The second-order valence-corrected chi connectivity index (χ2v) is 15.0. The van der Waals surface area contributed by atoms with Crippen molar-refractivity contribution in [2.24, 2.45) is 0 Å². The summed E-state index contributed by atoms with van der Waals surface area (Å²) in [5.41, 5.74) is 11.7. The number of para-hydroxylation sites is 2. The number of benzene rings is 9. The molecule has 0 unspecified atom stereocenters. The monoisotopic (exact) mass is 738 g/mol. The molecule has 0 aliphatic rings. The molecule has 0 spiro atoms. The maximum Gasteiger partial charge on any atom is 0.161 e. The summed E-state index contributed by atoms with van der Waals surface area (Å²) >= 11 is 0. The van der Waals surface area contributed by atoms with Crippen molar-refractivity contribution in [1.29, 1.82) is 0 Å². The lowest BCUT2D eigenvalue weighted by atomic mass is 10.0. The molecule has 9 aromatic carbocycles. The fourth-order valence-corrected chi connectivity index (χ4v) is 9.07. The third-order valence-electron chi connectivity index (χ3n) is 11.7. The van der Waals surface area contributed by atoms with Crippen LogP contribution in [-0.4, -0.2) is 19.1 Å². The van der Waals surface area contributed by atoms with E-state index >= 15 is 0 Å². The van der Waals surface area contributed by atoms with Crippen LogP contribution in [0.5, 0.6) is 0 Å². The quantitative estimate of drug-likeness (QED) is 0.176. The van der Waals surface area contributed by atoms with Crippen LogP contribution in [0.25, 0.3) is 110 Å². The van der Waals surface area contributed by atoms with Gasteiger partial charge in [-0.1, -0.05) is 152 Å². The van der Waals surface area contributed by atoms with Crippen LogP contribution >= 0.6 is 0 Å². The van der Waals surface area contributed by atoms with E-state index in [1.807, 2.05) is 12.1 Å². The van der Waals surface area contributed by atoms with E-state index in [0.29, 0.717) is 5.82 Å². The Balaban J connectivity index is 1.18. The van der Waals surface area contributed by atoms with Gasteiger partial charge in [-0.3, -0.25) is 0 Å². The van der Waals surface area contributed by atoms with Crippen molar-refractivity contribution < 1.29 is 0 Å². The third-order valence-corrected chi connectivity index (χ3v) is 11.7. The highest BCUT2D eigenvalue weighted by Crippen LogP contribution is 2.43. The number of hydrogen-bond donors (Lipinski definition) is 0. The Labute approximate surface area is 334 Å². The topological polar surface area (TPSA) is 35.6 Å². The molecule has 3 heterocycles. The molecule has 0 amide bonds. The van der Waals surface area contributed by atoms with Gasteiger partial charge < -0.3 is 9.13 Å². The number of nitrogens with zero attached hydrogens (tertiary/aromatic N) is 4. The van der Waals surface area contributed by atoms with Gasteiger partial charge in [0.1, 0.15) is 0 Å². The van der Waals surface area contributed by atoms with Crippen LogP contribution in [0.15, 0.2) is 206 Å². The smallest absolute Gasteiger partial charge is 0.161 e. The zero-order valence-corrected chi connectivity index (χ0v) is 31.4. The standard InChI is InChI=1S/C54H34N4/c1-4-17-36(18-5-1)47-33-48(37-19-6-2-7-20-37)56-54(55-47)45-31-40(30-38-21-11-12-24-41(38)45)58-49-27-15-14-26-43(49)44-32-46-52(34-51(44)58)57(39-22-8-3-9-23-39)50-29-28-35-16-10-13-25-42(35)53(46)50/h1-34H. The molecule has 270 valence electrons. The first-order chi connectivity index (χ1) is 28.8. The van der Waals surface area contributed by atoms with Gasteiger partial charge in [0, 0.05) is 49.6 Å². The summed E-state index contributed by atoms with van der Waals surface area (Å²) in [6, 6.07) is 73.8. The molecule has 0 N–H and O–H groups in total. The first kappa shape index (κ1) is 32.4. The summed E-state index contributed by atoms with van der Waals surface area (Å²) in [6.07, 6.45) is 0. The van der Waals surface area contributed by atoms with Crippen molar-refractivity contribution in [2.45, 2.75) is 0 Å². The summed E-state index contributed by atoms with van der Waals surface area (Å²) < 4.78 is 4.86. The van der Waals surface area contributed by atoms with Crippen molar-refractivity contribution in [3.8, 4) is 45.3 Å². The van der Waals surface area contributed by atoms with Gasteiger partial charge in [0.25, 0.3) is 0 Å². The van der Waals surface area contributed by atoms with Gasteiger partial charge >= 0.3 is 0 Å². The predicted octanol–water partition coefficient (Wildman–Crippen LogP) is 14.0. The Morgan fingerprint density at radius 3 is 1.60 bits per heavy atom. The number of hydrogen-bond acceptors (Lipinski definition) is 2. The van der Waals surface area contributed by atoms with E-state index in [0.717, 1.165) is 61.3 Å². The summed E-state index contributed by atoms with van der Waals surface area (Å²) in [6.45, 7) is 0. The Kier molecular flexibility index (Phi) is 7.20. The van der Waals surface area contributed by atoms with Crippen molar-refractivity contribution in [2.75, 3.05) is 0 Å². The maximum atomic E-state index is 5.31. The van der Waals surface area contributed by atoms with E-state index in [4.69, 9.17) is 9.97 Å². The highest BCUT2D eigenvalue weighted by atomic mass is 15.0. The molecular weight excluding hydrogens is 705 g/mol. The van der Waals surface area contributed by atoms with Crippen molar-refractivity contribution in [3.63, 3.8) is 0 Å². The van der Waals surface area contributed by atoms with Gasteiger partial charge in [-0.15, -0.1) is 0 Å². The molecule has 58 heavy (non-hydrogen) atoms. The molecule has 0 radical (unpaired) electrons.